The molecule has 0 unspecified atom stereocenters. The quantitative estimate of drug-likeness (QED) is 0.486. The fourth-order valence-corrected chi connectivity index (χ4v) is 0.614. The van der Waals surface area contributed by atoms with Crippen molar-refractivity contribution in [2.24, 2.45) is 7.05 Å². The SMILES string of the molecule is Cc1nnn(C)c1C#N. The molecule has 0 aromatic carbocycles. The van der Waals surface area contributed by atoms with Crippen molar-refractivity contribution in [2.45, 2.75) is 6.92 Å². The zero-order chi connectivity index (χ0) is 6.85. The fourth-order valence-electron chi connectivity index (χ4n) is 0.614. The summed E-state index contributed by atoms with van der Waals surface area (Å²) in [7, 11) is 1.69. The van der Waals surface area contributed by atoms with E-state index in [0.717, 1.165) is 0 Å². The first kappa shape index (κ1) is 5.76. The number of aromatic nitrogens is 3. The molecule has 0 saturated carbocycles. The molecule has 9 heavy (non-hydrogen) atoms. The number of aryl methyl sites for hydroxylation is 2. The molecule has 0 amide bonds. The molecular weight excluding hydrogens is 116 g/mol. The first-order chi connectivity index (χ1) is 4.25. The second-order valence-electron chi connectivity index (χ2n) is 1.76. The van der Waals surface area contributed by atoms with E-state index in [9.17, 15) is 0 Å². The van der Waals surface area contributed by atoms with Crippen LogP contribution in [0.3, 0.4) is 0 Å². The third kappa shape index (κ3) is 0.765. The summed E-state index contributed by atoms with van der Waals surface area (Å²) in [6.07, 6.45) is 0. The van der Waals surface area contributed by atoms with Crippen molar-refractivity contribution in [3.63, 3.8) is 0 Å². The maximum Gasteiger partial charge on any atom is 0.161 e. The molecule has 1 aromatic rings. The predicted molar refractivity (Wildman–Crippen MR) is 30.5 cm³/mol. The minimum absolute atomic E-state index is 0.523. The smallest absolute Gasteiger partial charge is 0.161 e. The average molecular weight is 122 g/mol. The van der Waals surface area contributed by atoms with Gasteiger partial charge in [0.05, 0.1) is 5.69 Å². The second kappa shape index (κ2) is 1.86. The Kier molecular flexibility index (Phi) is 1.19. The van der Waals surface area contributed by atoms with E-state index < -0.39 is 0 Å². The third-order valence-electron chi connectivity index (χ3n) is 1.10. The molecule has 46 valence electrons. The lowest BCUT2D eigenvalue weighted by Crippen LogP contribution is -1.93. The van der Waals surface area contributed by atoms with Crippen molar-refractivity contribution >= 4 is 0 Å². The zero-order valence-corrected chi connectivity index (χ0v) is 5.29. The van der Waals surface area contributed by atoms with Crippen molar-refractivity contribution in [1.82, 2.24) is 15.0 Å². The summed E-state index contributed by atoms with van der Waals surface area (Å²) >= 11 is 0. The zero-order valence-electron chi connectivity index (χ0n) is 5.29. The van der Waals surface area contributed by atoms with Crippen LogP contribution in [0.25, 0.3) is 0 Å². The minimum atomic E-state index is 0.523. The summed E-state index contributed by atoms with van der Waals surface area (Å²) in [5, 5.41) is 15.7. The molecule has 0 N–H and O–H groups in total. The van der Waals surface area contributed by atoms with Gasteiger partial charge >= 0.3 is 0 Å². The molecule has 1 aromatic heterocycles. The van der Waals surface area contributed by atoms with E-state index in [1.165, 1.54) is 4.68 Å². The van der Waals surface area contributed by atoms with Crippen LogP contribution in [0, 0.1) is 18.3 Å². The molecule has 0 radical (unpaired) electrons. The molecule has 1 rings (SSSR count). The molecule has 4 nitrogen and oxygen atoms in total. The van der Waals surface area contributed by atoms with Crippen LogP contribution in [-0.2, 0) is 7.05 Å². The fraction of sp³-hybridized carbons (Fsp3) is 0.400. The molecule has 0 saturated heterocycles. The van der Waals surface area contributed by atoms with Crippen LogP contribution in [0.15, 0.2) is 0 Å². The van der Waals surface area contributed by atoms with Gasteiger partial charge in [-0.1, -0.05) is 5.21 Å². The number of hydrogen-bond acceptors (Lipinski definition) is 3. The van der Waals surface area contributed by atoms with Gasteiger partial charge in [0.25, 0.3) is 0 Å². The summed E-state index contributed by atoms with van der Waals surface area (Å²) in [6, 6.07) is 1.98. The maximum atomic E-state index is 8.44. The van der Waals surface area contributed by atoms with Gasteiger partial charge in [0.2, 0.25) is 0 Å². The standard InChI is InChI=1S/C5H6N4/c1-4-5(3-6)9(2)8-7-4/h1-2H3. The largest absolute Gasteiger partial charge is 0.237 e. The topological polar surface area (TPSA) is 54.5 Å². The van der Waals surface area contributed by atoms with Crippen LogP contribution < -0.4 is 0 Å². The molecule has 1 heterocycles. The van der Waals surface area contributed by atoms with E-state index in [1.807, 2.05) is 6.07 Å². The van der Waals surface area contributed by atoms with Crippen molar-refractivity contribution < 1.29 is 0 Å². The lowest BCUT2D eigenvalue weighted by Gasteiger charge is -1.84. The Labute approximate surface area is 52.7 Å². The maximum absolute atomic E-state index is 8.44. The van der Waals surface area contributed by atoms with Gasteiger partial charge in [-0.3, -0.25) is 0 Å². The lowest BCUT2D eigenvalue weighted by molar-refractivity contribution is 0.706. The predicted octanol–water partition coefficient (Wildman–Crippen LogP) is -0.00480. The van der Waals surface area contributed by atoms with Gasteiger partial charge in [0.1, 0.15) is 6.07 Å². The Balaban J connectivity index is 3.27. The van der Waals surface area contributed by atoms with Crippen molar-refractivity contribution in [3.8, 4) is 6.07 Å². The lowest BCUT2D eigenvalue weighted by atomic mass is 10.4. The van der Waals surface area contributed by atoms with Gasteiger partial charge in [0.15, 0.2) is 5.69 Å². The molecule has 0 aliphatic heterocycles. The summed E-state index contributed by atoms with van der Waals surface area (Å²) in [5.74, 6) is 0. The first-order valence-corrected chi connectivity index (χ1v) is 2.52. The van der Waals surface area contributed by atoms with E-state index in [1.54, 1.807) is 14.0 Å². The van der Waals surface area contributed by atoms with Gasteiger partial charge in [-0.15, -0.1) is 5.10 Å². The Morgan fingerprint density at radius 1 is 1.67 bits per heavy atom. The van der Waals surface area contributed by atoms with E-state index in [4.69, 9.17) is 5.26 Å². The molecule has 0 aliphatic carbocycles. The van der Waals surface area contributed by atoms with Crippen molar-refractivity contribution in [1.29, 1.82) is 5.26 Å². The van der Waals surface area contributed by atoms with Crippen LogP contribution in [0.1, 0.15) is 11.4 Å². The minimum Gasteiger partial charge on any atom is -0.237 e. The summed E-state index contributed by atoms with van der Waals surface area (Å²) in [5.41, 5.74) is 1.20. The van der Waals surface area contributed by atoms with Crippen LogP contribution in [-0.4, -0.2) is 15.0 Å². The molecular formula is C5H6N4. The third-order valence-corrected chi connectivity index (χ3v) is 1.10. The molecule has 0 fully saturated rings. The highest BCUT2D eigenvalue weighted by Crippen LogP contribution is 1.97. The second-order valence-corrected chi connectivity index (χ2v) is 1.76. The number of nitrogens with zero attached hydrogens (tertiary/aromatic N) is 4. The van der Waals surface area contributed by atoms with Gasteiger partial charge in [0, 0.05) is 7.05 Å². The monoisotopic (exact) mass is 122 g/mol. The van der Waals surface area contributed by atoms with E-state index in [2.05, 4.69) is 10.3 Å². The number of rotatable bonds is 0. The Morgan fingerprint density at radius 3 is 2.56 bits per heavy atom. The normalized spacial score (nSPS) is 9.00. The number of hydrogen-bond donors (Lipinski definition) is 0. The Hall–Kier alpha value is -1.37. The molecule has 0 bridgehead atoms. The van der Waals surface area contributed by atoms with Gasteiger partial charge in [-0.2, -0.15) is 5.26 Å². The van der Waals surface area contributed by atoms with Crippen LogP contribution in [0.5, 0.6) is 0 Å². The number of nitriles is 1. The van der Waals surface area contributed by atoms with Gasteiger partial charge in [-0.05, 0) is 6.92 Å². The summed E-state index contributed by atoms with van der Waals surface area (Å²) in [6.45, 7) is 1.76. The van der Waals surface area contributed by atoms with E-state index in [0.29, 0.717) is 11.4 Å². The molecule has 0 atom stereocenters. The van der Waals surface area contributed by atoms with Crippen LogP contribution in [0.4, 0.5) is 0 Å². The van der Waals surface area contributed by atoms with Crippen LogP contribution >= 0.6 is 0 Å². The summed E-state index contributed by atoms with van der Waals surface area (Å²) < 4.78 is 1.45. The van der Waals surface area contributed by atoms with E-state index in [-0.39, 0.29) is 0 Å². The highest BCUT2D eigenvalue weighted by Gasteiger charge is 2.01. The van der Waals surface area contributed by atoms with Crippen LogP contribution in [0.2, 0.25) is 0 Å². The van der Waals surface area contributed by atoms with Gasteiger partial charge in [-0.25, -0.2) is 4.68 Å². The van der Waals surface area contributed by atoms with Crippen molar-refractivity contribution in [3.05, 3.63) is 11.4 Å². The first-order valence-electron chi connectivity index (χ1n) is 2.52. The molecule has 0 aliphatic rings. The Morgan fingerprint density at radius 2 is 2.33 bits per heavy atom. The van der Waals surface area contributed by atoms with E-state index >= 15 is 0 Å². The average Bonchev–Trinajstić information content (AvgIpc) is 2.12. The Bertz CT molecular complexity index is 235. The highest BCUT2D eigenvalue weighted by atomic mass is 15.4. The summed E-state index contributed by atoms with van der Waals surface area (Å²) in [4.78, 5) is 0. The van der Waals surface area contributed by atoms with Crippen molar-refractivity contribution in [2.75, 3.05) is 0 Å². The van der Waals surface area contributed by atoms with Gasteiger partial charge < -0.3 is 0 Å². The highest BCUT2D eigenvalue weighted by molar-refractivity contribution is 5.23. The molecule has 0 spiro atoms. The molecule has 4 heteroatoms.